The molecule has 0 bridgehead atoms. The lowest BCUT2D eigenvalue weighted by Crippen LogP contribution is -1.98. The molecule has 3 rings (SSSR count). The van der Waals surface area contributed by atoms with E-state index >= 15 is 0 Å². The fourth-order valence-electron chi connectivity index (χ4n) is 2.41. The number of hydrogen-bond acceptors (Lipinski definition) is 5. The van der Waals surface area contributed by atoms with Crippen LogP contribution in [0.5, 0.6) is 0 Å². The Bertz CT molecular complexity index is 765. The van der Waals surface area contributed by atoms with Gasteiger partial charge in [0, 0.05) is 30.2 Å². The van der Waals surface area contributed by atoms with Gasteiger partial charge in [-0.25, -0.2) is 4.68 Å². The second kappa shape index (κ2) is 7.31. The molecule has 0 aliphatic rings. The van der Waals surface area contributed by atoms with E-state index in [1.54, 1.807) is 17.2 Å². The van der Waals surface area contributed by atoms with E-state index in [4.69, 9.17) is 5.73 Å². The number of tetrazole rings is 1. The summed E-state index contributed by atoms with van der Waals surface area (Å²) in [5.74, 6) is 0. The maximum Gasteiger partial charge on any atom is 0.138 e. The van der Waals surface area contributed by atoms with Crippen molar-refractivity contribution in [1.29, 1.82) is 0 Å². The number of hydrogen-bond donors (Lipinski definition) is 1. The minimum atomic E-state index is 0.756. The molecule has 2 heterocycles. The quantitative estimate of drug-likeness (QED) is 0.559. The molecular weight excluding hydrogens is 288 g/mol. The summed E-state index contributed by atoms with van der Waals surface area (Å²) in [6.07, 6.45) is 9.37. The third kappa shape index (κ3) is 4.00. The molecule has 0 fully saturated rings. The molecular formula is C17H18N6. The number of aryl methyl sites for hydroxylation is 1. The van der Waals surface area contributed by atoms with Gasteiger partial charge >= 0.3 is 0 Å². The summed E-state index contributed by atoms with van der Waals surface area (Å²) in [6, 6.07) is 11.9. The Morgan fingerprint density at radius 3 is 2.83 bits per heavy atom. The SMILES string of the molecule is Nc1cccc(/C(=C/CCCn2cnnn2)c2cccnc2)c1. The highest BCUT2D eigenvalue weighted by molar-refractivity contribution is 5.80. The average molecular weight is 306 g/mol. The van der Waals surface area contributed by atoms with Crippen LogP contribution in [0.4, 0.5) is 5.69 Å². The van der Waals surface area contributed by atoms with E-state index in [0.29, 0.717) is 0 Å². The number of pyridine rings is 1. The van der Waals surface area contributed by atoms with Crippen LogP contribution in [-0.4, -0.2) is 25.2 Å². The third-order valence-corrected chi connectivity index (χ3v) is 3.50. The molecule has 0 atom stereocenters. The monoisotopic (exact) mass is 306 g/mol. The molecule has 0 saturated carbocycles. The number of nitrogens with two attached hydrogens (primary N) is 1. The van der Waals surface area contributed by atoms with Gasteiger partial charge in [0.2, 0.25) is 0 Å². The van der Waals surface area contributed by atoms with Crippen LogP contribution in [-0.2, 0) is 6.54 Å². The maximum absolute atomic E-state index is 5.93. The van der Waals surface area contributed by atoms with Gasteiger partial charge in [-0.05, 0) is 52.6 Å². The number of rotatable bonds is 6. The standard InChI is InChI=1S/C17H18N6/c18-16-7-3-5-14(11-16)17(15-6-4-9-19-12-15)8-1-2-10-23-13-20-21-22-23/h3-9,11-13H,1-2,10,18H2/b17-8-. The Hall–Kier alpha value is -3.02. The number of nitrogen functional groups attached to an aromatic ring is 1. The lowest BCUT2D eigenvalue weighted by atomic mass is 9.97. The van der Waals surface area contributed by atoms with E-state index in [9.17, 15) is 0 Å². The minimum Gasteiger partial charge on any atom is -0.399 e. The first-order valence-corrected chi connectivity index (χ1v) is 7.50. The van der Waals surface area contributed by atoms with Crippen LogP contribution in [0.2, 0.25) is 0 Å². The largest absolute Gasteiger partial charge is 0.399 e. The molecule has 2 aromatic heterocycles. The molecule has 2 N–H and O–H groups in total. The Morgan fingerprint density at radius 1 is 1.17 bits per heavy atom. The molecule has 23 heavy (non-hydrogen) atoms. The van der Waals surface area contributed by atoms with Gasteiger partial charge in [-0.2, -0.15) is 0 Å². The first-order chi connectivity index (χ1) is 11.3. The highest BCUT2D eigenvalue weighted by Crippen LogP contribution is 2.25. The van der Waals surface area contributed by atoms with E-state index in [1.807, 2.05) is 30.5 Å². The minimum absolute atomic E-state index is 0.756. The van der Waals surface area contributed by atoms with E-state index in [2.05, 4.69) is 38.7 Å². The second-order valence-electron chi connectivity index (χ2n) is 5.20. The van der Waals surface area contributed by atoms with Crippen LogP contribution in [0.3, 0.4) is 0 Å². The highest BCUT2D eigenvalue weighted by Gasteiger charge is 2.05. The summed E-state index contributed by atoms with van der Waals surface area (Å²) in [7, 11) is 0. The fourth-order valence-corrected chi connectivity index (χ4v) is 2.41. The van der Waals surface area contributed by atoms with E-state index < -0.39 is 0 Å². The maximum atomic E-state index is 5.93. The number of unbranched alkanes of at least 4 members (excludes halogenated alkanes) is 1. The van der Waals surface area contributed by atoms with Gasteiger partial charge < -0.3 is 5.73 Å². The first-order valence-electron chi connectivity index (χ1n) is 7.50. The van der Waals surface area contributed by atoms with Gasteiger partial charge in [-0.1, -0.05) is 24.3 Å². The van der Waals surface area contributed by atoms with Gasteiger partial charge in [0.05, 0.1) is 0 Å². The smallest absolute Gasteiger partial charge is 0.138 e. The van der Waals surface area contributed by atoms with Crippen LogP contribution in [0, 0.1) is 0 Å². The molecule has 0 aliphatic carbocycles. The molecule has 0 spiro atoms. The van der Waals surface area contributed by atoms with Gasteiger partial charge in [0.25, 0.3) is 0 Å². The molecule has 0 amide bonds. The van der Waals surface area contributed by atoms with Crippen molar-refractivity contribution >= 4 is 11.3 Å². The molecule has 0 saturated heterocycles. The molecule has 116 valence electrons. The second-order valence-corrected chi connectivity index (χ2v) is 5.20. The number of aromatic nitrogens is 5. The van der Waals surface area contributed by atoms with Gasteiger partial charge in [0.15, 0.2) is 0 Å². The summed E-state index contributed by atoms with van der Waals surface area (Å²) in [6.45, 7) is 0.792. The number of anilines is 1. The van der Waals surface area contributed by atoms with Crippen molar-refractivity contribution in [2.75, 3.05) is 5.73 Å². The molecule has 6 nitrogen and oxygen atoms in total. The summed E-state index contributed by atoms with van der Waals surface area (Å²) < 4.78 is 1.73. The van der Waals surface area contributed by atoms with E-state index in [-0.39, 0.29) is 0 Å². The van der Waals surface area contributed by atoms with Crippen molar-refractivity contribution in [3.8, 4) is 0 Å². The Kier molecular flexibility index (Phi) is 4.73. The van der Waals surface area contributed by atoms with Crippen LogP contribution < -0.4 is 5.73 Å². The number of nitrogens with zero attached hydrogens (tertiary/aromatic N) is 5. The van der Waals surface area contributed by atoms with Crippen molar-refractivity contribution < 1.29 is 0 Å². The van der Waals surface area contributed by atoms with E-state index in [1.165, 1.54) is 0 Å². The lowest BCUT2D eigenvalue weighted by Gasteiger charge is -2.09. The van der Waals surface area contributed by atoms with Gasteiger partial charge in [-0.3, -0.25) is 4.98 Å². The summed E-state index contributed by atoms with van der Waals surface area (Å²) in [4.78, 5) is 4.22. The Labute approximate surface area is 134 Å². The summed E-state index contributed by atoms with van der Waals surface area (Å²) >= 11 is 0. The average Bonchev–Trinajstić information content (AvgIpc) is 3.09. The fraction of sp³-hybridized carbons (Fsp3) is 0.176. The highest BCUT2D eigenvalue weighted by atomic mass is 15.5. The Morgan fingerprint density at radius 2 is 2.09 bits per heavy atom. The van der Waals surface area contributed by atoms with E-state index in [0.717, 1.165) is 41.8 Å². The Balaban J connectivity index is 1.79. The molecule has 1 aromatic carbocycles. The van der Waals surface area contributed by atoms with Crippen molar-refractivity contribution in [2.45, 2.75) is 19.4 Å². The molecule has 0 unspecified atom stereocenters. The summed E-state index contributed by atoms with van der Waals surface area (Å²) in [5.41, 5.74) is 10.0. The van der Waals surface area contributed by atoms with Crippen molar-refractivity contribution in [2.24, 2.45) is 0 Å². The molecule has 0 aliphatic heterocycles. The van der Waals surface area contributed by atoms with Gasteiger partial charge in [0.1, 0.15) is 6.33 Å². The predicted octanol–water partition coefficient (Wildman–Crippen LogP) is 2.56. The summed E-state index contributed by atoms with van der Waals surface area (Å²) in [5, 5.41) is 11.1. The van der Waals surface area contributed by atoms with Gasteiger partial charge in [-0.15, -0.1) is 5.10 Å². The first kappa shape index (κ1) is 14.9. The predicted molar refractivity (Wildman–Crippen MR) is 89.2 cm³/mol. The third-order valence-electron chi connectivity index (χ3n) is 3.50. The van der Waals surface area contributed by atoms with Crippen molar-refractivity contribution in [1.82, 2.24) is 25.2 Å². The zero-order valence-electron chi connectivity index (χ0n) is 12.7. The van der Waals surface area contributed by atoms with Crippen molar-refractivity contribution in [3.63, 3.8) is 0 Å². The van der Waals surface area contributed by atoms with Crippen LogP contribution in [0.25, 0.3) is 5.57 Å². The normalized spacial score (nSPS) is 11.6. The van der Waals surface area contributed by atoms with Crippen LogP contribution in [0.1, 0.15) is 24.0 Å². The topological polar surface area (TPSA) is 82.5 Å². The number of benzene rings is 1. The van der Waals surface area contributed by atoms with Crippen molar-refractivity contribution in [3.05, 3.63) is 72.3 Å². The van der Waals surface area contributed by atoms with Crippen LogP contribution >= 0.6 is 0 Å². The number of allylic oxidation sites excluding steroid dienone is 1. The zero-order valence-corrected chi connectivity index (χ0v) is 12.7. The zero-order chi connectivity index (χ0) is 15.9. The van der Waals surface area contributed by atoms with Crippen LogP contribution in [0.15, 0.2) is 61.2 Å². The lowest BCUT2D eigenvalue weighted by molar-refractivity contribution is 0.563. The molecule has 6 heteroatoms. The molecule has 3 aromatic rings. The molecule has 0 radical (unpaired) electrons.